The molecule has 0 bridgehead atoms. The Bertz CT molecular complexity index is 816. The Balaban J connectivity index is 2.78. The van der Waals surface area contributed by atoms with E-state index in [1.54, 1.807) is 0 Å². The summed E-state index contributed by atoms with van der Waals surface area (Å²) in [5.74, 6) is 2.55. The monoisotopic (exact) mass is 777 g/mol. The van der Waals surface area contributed by atoms with Gasteiger partial charge in [0.05, 0.1) is 97.6 Å². The maximum Gasteiger partial charge on any atom is 0.105 e. The first kappa shape index (κ1) is 51.6. The molecule has 0 aliphatic carbocycles. The van der Waals surface area contributed by atoms with Gasteiger partial charge in [0, 0.05) is 19.1 Å². The van der Waals surface area contributed by atoms with Crippen LogP contribution in [0.15, 0.2) is 0 Å². The van der Waals surface area contributed by atoms with E-state index in [1.807, 2.05) is 0 Å². The predicted octanol–water partition coefficient (Wildman–Crippen LogP) is 8.80. The van der Waals surface area contributed by atoms with Gasteiger partial charge in [-0.25, -0.2) is 0 Å². The van der Waals surface area contributed by atoms with Gasteiger partial charge in [-0.15, -0.1) is 0 Å². The van der Waals surface area contributed by atoms with E-state index in [0.29, 0.717) is 103 Å². The van der Waals surface area contributed by atoms with Crippen LogP contribution >= 0.6 is 0 Å². The second kappa shape index (κ2) is 33.6. The fraction of sp³-hybridized carbons (Fsp3) is 1.00. The van der Waals surface area contributed by atoms with Crippen LogP contribution in [0.3, 0.4) is 0 Å². The highest BCUT2D eigenvalue weighted by atomic mass is 16.6. The Morgan fingerprint density at radius 3 is 1.74 bits per heavy atom. The highest BCUT2D eigenvalue weighted by molar-refractivity contribution is 4.70. The van der Waals surface area contributed by atoms with Crippen LogP contribution in [-0.2, 0) is 47.4 Å². The van der Waals surface area contributed by atoms with Crippen molar-refractivity contribution in [2.75, 3.05) is 92.5 Å². The van der Waals surface area contributed by atoms with Crippen molar-refractivity contribution >= 4 is 0 Å². The third kappa shape index (κ3) is 26.5. The van der Waals surface area contributed by atoms with E-state index in [2.05, 4.69) is 76.2 Å². The topological polar surface area (TPSA) is 92.3 Å². The lowest BCUT2D eigenvalue weighted by atomic mass is 9.94. The van der Waals surface area contributed by atoms with Crippen molar-refractivity contribution < 1.29 is 47.4 Å². The molecule has 1 aliphatic heterocycles. The SMILES string of the molecule is CCCCOC(COCC(CC(C)C)OC[C@H](CC)C(C)C)COCC(COC[C@H](C)COC[C@@H](C)CCC)OC(CC)COCC1COCC(CC)O1. The summed E-state index contributed by atoms with van der Waals surface area (Å²) in [6.07, 6.45) is 7.88. The first-order chi connectivity index (χ1) is 26.0. The second-order valence-electron chi connectivity index (χ2n) is 16.6. The van der Waals surface area contributed by atoms with Crippen molar-refractivity contribution in [1.82, 2.24) is 0 Å². The Morgan fingerprint density at radius 2 is 1.15 bits per heavy atom. The normalized spacial score (nSPS) is 20.6. The van der Waals surface area contributed by atoms with Gasteiger partial charge in [-0.05, 0) is 55.8 Å². The van der Waals surface area contributed by atoms with Gasteiger partial charge in [-0.2, -0.15) is 0 Å². The average Bonchev–Trinajstić information content (AvgIpc) is 3.14. The first-order valence-electron chi connectivity index (χ1n) is 22.0. The van der Waals surface area contributed by atoms with Crippen LogP contribution in [0, 0.1) is 29.6 Å². The zero-order chi connectivity index (χ0) is 40.0. The van der Waals surface area contributed by atoms with E-state index in [0.717, 1.165) is 51.7 Å². The maximum atomic E-state index is 6.59. The zero-order valence-corrected chi connectivity index (χ0v) is 37.0. The van der Waals surface area contributed by atoms with Gasteiger partial charge in [0.25, 0.3) is 0 Å². The molecular formula is C44H88O10. The quantitative estimate of drug-likeness (QED) is 0.0571. The summed E-state index contributed by atoms with van der Waals surface area (Å²) in [7, 11) is 0. The molecule has 0 aromatic heterocycles. The van der Waals surface area contributed by atoms with E-state index < -0.39 is 0 Å². The molecule has 0 radical (unpaired) electrons. The van der Waals surface area contributed by atoms with Crippen molar-refractivity contribution in [1.29, 1.82) is 0 Å². The number of rotatable bonds is 37. The fourth-order valence-corrected chi connectivity index (χ4v) is 6.41. The molecule has 1 rings (SSSR count). The molecular weight excluding hydrogens is 688 g/mol. The lowest BCUT2D eigenvalue weighted by Gasteiger charge is -2.30. The highest BCUT2D eigenvalue weighted by Crippen LogP contribution is 2.19. The van der Waals surface area contributed by atoms with Crippen molar-refractivity contribution in [2.45, 2.75) is 164 Å². The Hall–Kier alpha value is -0.400. The van der Waals surface area contributed by atoms with Crippen LogP contribution in [0.4, 0.5) is 0 Å². The van der Waals surface area contributed by atoms with E-state index >= 15 is 0 Å². The Kier molecular flexibility index (Phi) is 32.1. The van der Waals surface area contributed by atoms with E-state index in [9.17, 15) is 0 Å². The lowest BCUT2D eigenvalue weighted by molar-refractivity contribution is -0.168. The summed E-state index contributed by atoms with van der Waals surface area (Å²) in [5, 5.41) is 0. The highest BCUT2D eigenvalue weighted by Gasteiger charge is 2.24. The lowest BCUT2D eigenvalue weighted by Crippen LogP contribution is -2.39. The largest absolute Gasteiger partial charge is 0.381 e. The summed E-state index contributed by atoms with van der Waals surface area (Å²) in [4.78, 5) is 0. The molecule has 1 fully saturated rings. The van der Waals surface area contributed by atoms with Crippen LogP contribution in [0.2, 0.25) is 0 Å². The molecule has 54 heavy (non-hydrogen) atoms. The summed E-state index contributed by atoms with van der Waals surface area (Å²) in [6, 6.07) is 0. The maximum absolute atomic E-state index is 6.59. The number of unbranched alkanes of at least 4 members (excludes halogenated alkanes) is 1. The van der Waals surface area contributed by atoms with Gasteiger partial charge in [-0.3, -0.25) is 0 Å². The Labute approximate surface area is 333 Å². The van der Waals surface area contributed by atoms with Crippen molar-refractivity contribution in [2.24, 2.45) is 29.6 Å². The third-order valence-electron chi connectivity index (χ3n) is 10.0. The molecule has 0 aromatic rings. The van der Waals surface area contributed by atoms with E-state index in [1.165, 1.54) is 12.8 Å². The zero-order valence-electron chi connectivity index (χ0n) is 37.0. The van der Waals surface area contributed by atoms with Crippen LogP contribution < -0.4 is 0 Å². The van der Waals surface area contributed by atoms with Gasteiger partial charge >= 0.3 is 0 Å². The summed E-state index contributed by atoms with van der Waals surface area (Å²) in [5.41, 5.74) is 0. The average molecular weight is 777 g/mol. The molecule has 0 saturated carbocycles. The molecule has 1 aliphatic rings. The number of ether oxygens (including phenoxy) is 10. The van der Waals surface area contributed by atoms with E-state index in [4.69, 9.17) is 47.4 Å². The van der Waals surface area contributed by atoms with E-state index in [-0.39, 0.29) is 42.5 Å². The van der Waals surface area contributed by atoms with Crippen LogP contribution in [0.1, 0.15) is 128 Å². The van der Waals surface area contributed by atoms with Gasteiger partial charge in [0.1, 0.15) is 18.3 Å². The molecule has 0 spiro atoms. The van der Waals surface area contributed by atoms with Crippen LogP contribution in [-0.4, -0.2) is 129 Å². The minimum absolute atomic E-state index is 0.0512. The Morgan fingerprint density at radius 1 is 0.556 bits per heavy atom. The summed E-state index contributed by atoms with van der Waals surface area (Å²) in [6.45, 7) is 32.2. The molecule has 1 saturated heterocycles. The van der Waals surface area contributed by atoms with Gasteiger partial charge in [0.15, 0.2) is 0 Å². The van der Waals surface area contributed by atoms with Gasteiger partial charge in [-0.1, -0.05) is 95.4 Å². The number of hydrogen-bond donors (Lipinski definition) is 0. The minimum Gasteiger partial charge on any atom is -0.381 e. The standard InChI is InChI=1S/C44H88O10/c1-12-17-19-51-42(28-49-27-41(20-34(6)7)52-24-38(14-3)35(8)9)29-50-33-43(30-46-23-37(11)22-45-21-36(10)18-13-2)53-39(15-4)25-47-31-44-32-48-26-40(16-5)54-44/h34-44H,12-33H2,1-11H3/t36-,37+,38-,39?,40?,41?,42?,43?,44?/m0/s1. The molecule has 9 atom stereocenters. The summed E-state index contributed by atoms with van der Waals surface area (Å²) < 4.78 is 62.0. The molecule has 0 aromatic carbocycles. The molecule has 10 heteroatoms. The molecule has 1 heterocycles. The molecule has 10 nitrogen and oxygen atoms in total. The first-order valence-corrected chi connectivity index (χ1v) is 22.0. The molecule has 324 valence electrons. The third-order valence-corrected chi connectivity index (χ3v) is 10.0. The molecule has 6 unspecified atom stereocenters. The van der Waals surface area contributed by atoms with Crippen LogP contribution in [0.5, 0.6) is 0 Å². The van der Waals surface area contributed by atoms with Crippen molar-refractivity contribution in [3.05, 3.63) is 0 Å². The number of hydrogen-bond acceptors (Lipinski definition) is 10. The molecule has 0 N–H and O–H groups in total. The smallest absolute Gasteiger partial charge is 0.105 e. The van der Waals surface area contributed by atoms with Gasteiger partial charge in [0.2, 0.25) is 0 Å². The van der Waals surface area contributed by atoms with Gasteiger partial charge < -0.3 is 47.4 Å². The minimum atomic E-state index is -0.261. The predicted molar refractivity (Wildman–Crippen MR) is 219 cm³/mol. The second-order valence-corrected chi connectivity index (χ2v) is 16.6. The summed E-state index contributed by atoms with van der Waals surface area (Å²) >= 11 is 0. The fourth-order valence-electron chi connectivity index (χ4n) is 6.41. The van der Waals surface area contributed by atoms with Crippen LogP contribution in [0.25, 0.3) is 0 Å². The van der Waals surface area contributed by atoms with Crippen molar-refractivity contribution in [3.63, 3.8) is 0 Å². The van der Waals surface area contributed by atoms with Crippen molar-refractivity contribution in [3.8, 4) is 0 Å². The molecule has 0 amide bonds.